The van der Waals surface area contributed by atoms with E-state index in [9.17, 15) is 9.59 Å². The quantitative estimate of drug-likeness (QED) is 0.848. The molecule has 0 spiro atoms. The maximum Gasteiger partial charge on any atom is 0.272 e. The van der Waals surface area contributed by atoms with Crippen LogP contribution in [0.3, 0.4) is 0 Å². The van der Waals surface area contributed by atoms with Crippen molar-refractivity contribution in [2.24, 2.45) is 0 Å². The van der Waals surface area contributed by atoms with E-state index in [-0.39, 0.29) is 11.8 Å². The Kier molecular flexibility index (Phi) is 3.69. The largest absolute Gasteiger partial charge is 0.272 e. The van der Waals surface area contributed by atoms with Crippen LogP contribution in [0.1, 0.15) is 27.1 Å². The van der Waals surface area contributed by atoms with Crippen LogP contribution in [0.25, 0.3) is 0 Å². The van der Waals surface area contributed by atoms with E-state index in [2.05, 4.69) is 0 Å². The predicted molar refractivity (Wildman–Crippen MR) is 79.6 cm³/mol. The van der Waals surface area contributed by atoms with E-state index in [1.165, 1.54) is 0 Å². The molecule has 0 radical (unpaired) electrons. The van der Waals surface area contributed by atoms with Gasteiger partial charge in [-0.15, -0.1) is 0 Å². The molecular formula is C17H16N2O2. The van der Waals surface area contributed by atoms with E-state index in [0.717, 1.165) is 6.42 Å². The van der Waals surface area contributed by atoms with Crippen molar-refractivity contribution >= 4 is 11.8 Å². The minimum Gasteiger partial charge on any atom is -0.267 e. The minimum absolute atomic E-state index is 0.127. The van der Waals surface area contributed by atoms with Gasteiger partial charge in [0, 0.05) is 24.2 Å². The number of carbonyl (C=O) groups is 2. The van der Waals surface area contributed by atoms with Crippen LogP contribution in [0, 0.1) is 0 Å². The summed E-state index contributed by atoms with van der Waals surface area (Å²) in [7, 11) is 0. The molecule has 3 rings (SSSR count). The molecule has 4 nitrogen and oxygen atoms in total. The Morgan fingerprint density at radius 2 is 1.05 bits per heavy atom. The summed E-state index contributed by atoms with van der Waals surface area (Å²) in [6, 6.07) is 18.1. The first kappa shape index (κ1) is 13.4. The molecule has 1 aliphatic rings. The Bertz CT molecular complexity index is 583. The van der Waals surface area contributed by atoms with E-state index < -0.39 is 0 Å². The Morgan fingerprint density at radius 3 is 1.43 bits per heavy atom. The summed E-state index contributed by atoms with van der Waals surface area (Å²) in [6.45, 7) is 1.15. The van der Waals surface area contributed by atoms with E-state index >= 15 is 0 Å². The zero-order valence-corrected chi connectivity index (χ0v) is 11.6. The Morgan fingerprint density at radius 1 is 0.667 bits per heavy atom. The van der Waals surface area contributed by atoms with E-state index in [1.54, 1.807) is 34.3 Å². The third kappa shape index (κ3) is 2.65. The number of hydrogen-bond donors (Lipinski definition) is 0. The van der Waals surface area contributed by atoms with E-state index in [0.29, 0.717) is 24.2 Å². The minimum atomic E-state index is -0.127. The molecule has 0 saturated carbocycles. The molecule has 1 fully saturated rings. The van der Waals surface area contributed by atoms with Crippen LogP contribution in [0.15, 0.2) is 60.7 Å². The first-order valence-electron chi connectivity index (χ1n) is 7.01. The van der Waals surface area contributed by atoms with Crippen molar-refractivity contribution in [2.45, 2.75) is 6.42 Å². The highest BCUT2D eigenvalue weighted by molar-refractivity contribution is 5.99. The van der Waals surface area contributed by atoms with Gasteiger partial charge in [-0.05, 0) is 30.7 Å². The Hall–Kier alpha value is -2.62. The van der Waals surface area contributed by atoms with Crippen molar-refractivity contribution in [3.8, 4) is 0 Å². The second-order valence-electron chi connectivity index (χ2n) is 4.94. The molecular weight excluding hydrogens is 264 g/mol. The van der Waals surface area contributed by atoms with E-state index in [1.807, 2.05) is 36.4 Å². The lowest BCUT2D eigenvalue weighted by atomic mass is 10.2. The lowest BCUT2D eigenvalue weighted by molar-refractivity contribution is 0.0186. The fourth-order valence-electron chi connectivity index (χ4n) is 2.49. The number of hydrazine groups is 1. The first-order valence-corrected chi connectivity index (χ1v) is 7.01. The first-order chi connectivity index (χ1) is 10.3. The van der Waals surface area contributed by atoms with E-state index in [4.69, 9.17) is 0 Å². The SMILES string of the molecule is O=C(c1ccccc1)N1CCCN1C(=O)c1ccccc1. The van der Waals surface area contributed by atoms with Gasteiger partial charge in [0.2, 0.25) is 0 Å². The van der Waals surface area contributed by atoms with Gasteiger partial charge in [0.05, 0.1) is 0 Å². The number of nitrogens with zero attached hydrogens (tertiary/aromatic N) is 2. The molecule has 1 saturated heterocycles. The Balaban J connectivity index is 1.83. The maximum absolute atomic E-state index is 12.5. The van der Waals surface area contributed by atoms with Crippen LogP contribution in [-0.2, 0) is 0 Å². The third-order valence-electron chi connectivity index (χ3n) is 3.54. The van der Waals surface area contributed by atoms with Gasteiger partial charge < -0.3 is 0 Å². The molecule has 21 heavy (non-hydrogen) atoms. The summed E-state index contributed by atoms with van der Waals surface area (Å²) in [5.74, 6) is -0.255. The van der Waals surface area contributed by atoms with Gasteiger partial charge in [-0.25, -0.2) is 10.0 Å². The summed E-state index contributed by atoms with van der Waals surface area (Å²) in [5.41, 5.74) is 1.20. The molecule has 0 unspecified atom stereocenters. The van der Waals surface area contributed by atoms with Gasteiger partial charge in [0.1, 0.15) is 0 Å². The highest BCUT2D eigenvalue weighted by atomic mass is 16.2. The van der Waals surface area contributed by atoms with Crippen molar-refractivity contribution in [1.29, 1.82) is 0 Å². The summed E-state index contributed by atoms with van der Waals surface area (Å²) >= 11 is 0. The molecule has 2 aromatic carbocycles. The number of carbonyl (C=O) groups excluding carboxylic acids is 2. The summed E-state index contributed by atoms with van der Waals surface area (Å²) < 4.78 is 0. The second kappa shape index (κ2) is 5.79. The maximum atomic E-state index is 12.5. The molecule has 106 valence electrons. The summed E-state index contributed by atoms with van der Waals surface area (Å²) in [5, 5.41) is 3.09. The smallest absolute Gasteiger partial charge is 0.267 e. The average molecular weight is 280 g/mol. The van der Waals surface area contributed by atoms with Gasteiger partial charge in [-0.3, -0.25) is 9.59 Å². The lowest BCUT2D eigenvalue weighted by Gasteiger charge is -2.28. The number of hydrogen-bond acceptors (Lipinski definition) is 2. The number of rotatable bonds is 2. The highest BCUT2D eigenvalue weighted by Crippen LogP contribution is 2.18. The average Bonchev–Trinajstić information content (AvgIpc) is 3.04. The highest BCUT2D eigenvalue weighted by Gasteiger charge is 2.31. The van der Waals surface area contributed by atoms with Crippen LogP contribution in [0.2, 0.25) is 0 Å². The molecule has 2 amide bonds. The molecule has 0 N–H and O–H groups in total. The Labute approximate surface area is 123 Å². The van der Waals surface area contributed by atoms with Gasteiger partial charge in [-0.2, -0.15) is 0 Å². The molecule has 2 aromatic rings. The lowest BCUT2D eigenvalue weighted by Crippen LogP contribution is -2.44. The third-order valence-corrected chi connectivity index (χ3v) is 3.54. The number of amides is 2. The van der Waals surface area contributed by atoms with Crippen LogP contribution in [0.5, 0.6) is 0 Å². The van der Waals surface area contributed by atoms with Crippen molar-refractivity contribution in [2.75, 3.05) is 13.1 Å². The van der Waals surface area contributed by atoms with Crippen molar-refractivity contribution in [3.63, 3.8) is 0 Å². The zero-order valence-electron chi connectivity index (χ0n) is 11.6. The fraction of sp³-hybridized carbons (Fsp3) is 0.176. The molecule has 1 heterocycles. The normalized spacial score (nSPS) is 14.3. The monoisotopic (exact) mass is 280 g/mol. The van der Waals surface area contributed by atoms with Gasteiger partial charge in [-0.1, -0.05) is 36.4 Å². The van der Waals surface area contributed by atoms with Gasteiger partial charge >= 0.3 is 0 Å². The molecule has 0 atom stereocenters. The number of benzene rings is 2. The van der Waals surface area contributed by atoms with Crippen molar-refractivity contribution < 1.29 is 9.59 Å². The predicted octanol–water partition coefficient (Wildman–Crippen LogP) is 2.59. The van der Waals surface area contributed by atoms with Crippen LogP contribution in [0.4, 0.5) is 0 Å². The standard InChI is InChI=1S/C17H16N2O2/c20-16(14-8-3-1-4-9-14)18-12-7-13-19(18)17(21)15-10-5-2-6-11-15/h1-6,8-11H,7,12-13H2. The summed E-state index contributed by atoms with van der Waals surface area (Å²) in [4.78, 5) is 25.1. The molecule has 4 heteroatoms. The molecule has 1 aliphatic heterocycles. The van der Waals surface area contributed by atoms with Crippen molar-refractivity contribution in [1.82, 2.24) is 10.0 Å². The fourth-order valence-corrected chi connectivity index (χ4v) is 2.49. The van der Waals surface area contributed by atoms with Crippen molar-refractivity contribution in [3.05, 3.63) is 71.8 Å². The molecule has 0 bridgehead atoms. The second-order valence-corrected chi connectivity index (χ2v) is 4.94. The van der Waals surface area contributed by atoms with Crippen LogP contribution < -0.4 is 0 Å². The summed E-state index contributed by atoms with van der Waals surface area (Å²) in [6.07, 6.45) is 0.803. The topological polar surface area (TPSA) is 40.6 Å². The van der Waals surface area contributed by atoms with Gasteiger partial charge in [0.25, 0.3) is 11.8 Å². The zero-order chi connectivity index (χ0) is 14.7. The van der Waals surface area contributed by atoms with Crippen LogP contribution in [-0.4, -0.2) is 34.9 Å². The molecule has 0 aliphatic carbocycles. The van der Waals surface area contributed by atoms with Gasteiger partial charge in [0.15, 0.2) is 0 Å². The molecule has 0 aromatic heterocycles. The van der Waals surface area contributed by atoms with Crippen LogP contribution >= 0.6 is 0 Å².